The Hall–Kier alpha value is -1.88. The van der Waals surface area contributed by atoms with Crippen LogP contribution in [0.4, 0.5) is 4.79 Å². The Labute approximate surface area is 169 Å². The van der Waals surface area contributed by atoms with E-state index < -0.39 is 20.5 Å². The zero-order valence-corrected chi connectivity index (χ0v) is 18.9. The molecule has 1 unspecified atom stereocenters. The van der Waals surface area contributed by atoms with Crippen LogP contribution in [0.3, 0.4) is 0 Å². The molecule has 154 valence electrons. The number of carbonyl (C=O) groups is 1. The van der Waals surface area contributed by atoms with Gasteiger partial charge in [-0.2, -0.15) is 5.26 Å². The molecule has 1 aliphatic heterocycles. The van der Waals surface area contributed by atoms with E-state index in [-0.39, 0.29) is 11.1 Å². The average molecular weight is 404 g/mol. The molecule has 7 heteroatoms. The van der Waals surface area contributed by atoms with Crippen molar-refractivity contribution in [2.75, 3.05) is 26.7 Å². The van der Waals surface area contributed by atoms with Crippen molar-refractivity contribution in [3.05, 3.63) is 35.4 Å². The summed E-state index contributed by atoms with van der Waals surface area (Å²) in [4.78, 5) is 14.1. The number of nitriles is 1. The fraction of sp³-hybridized carbons (Fsp3) is 0.619. The summed E-state index contributed by atoms with van der Waals surface area (Å²) < 4.78 is 12.2. The number of hydrogen-bond donors (Lipinski definition) is 1. The van der Waals surface area contributed by atoms with Crippen LogP contribution in [0, 0.1) is 11.3 Å². The van der Waals surface area contributed by atoms with Gasteiger partial charge in [0.15, 0.2) is 8.32 Å². The van der Waals surface area contributed by atoms with Crippen LogP contribution in [0.15, 0.2) is 24.3 Å². The van der Waals surface area contributed by atoms with E-state index in [1.54, 1.807) is 19.2 Å². The zero-order chi connectivity index (χ0) is 20.9. The number of ether oxygens (including phenoxy) is 1. The standard InChI is InChI=1S/C21H33N3O3Si/c1-21(2,3)28(5,6)27-18-10-11-24(14-18)15-19(26-20(25)23-4)17-9-7-8-16(12-17)13-22/h7-9,12,18-19H,10-11,14-15H2,1-6H3,(H,23,25)/t18-,19?/m0/s1. The second-order valence-electron chi connectivity index (χ2n) is 8.93. The van der Waals surface area contributed by atoms with E-state index in [1.807, 2.05) is 12.1 Å². The Kier molecular flexibility index (Phi) is 7.26. The third-order valence-corrected chi connectivity index (χ3v) is 10.3. The van der Waals surface area contributed by atoms with Gasteiger partial charge in [-0.3, -0.25) is 4.90 Å². The summed E-state index contributed by atoms with van der Waals surface area (Å²) in [7, 11) is -0.260. The molecule has 6 nitrogen and oxygen atoms in total. The molecule has 1 aromatic rings. The van der Waals surface area contributed by atoms with E-state index >= 15 is 0 Å². The summed E-state index contributed by atoms with van der Waals surface area (Å²) >= 11 is 0. The van der Waals surface area contributed by atoms with Gasteiger partial charge in [0.05, 0.1) is 17.7 Å². The lowest BCUT2D eigenvalue weighted by molar-refractivity contribution is 0.0731. The van der Waals surface area contributed by atoms with Crippen molar-refractivity contribution in [1.82, 2.24) is 10.2 Å². The van der Waals surface area contributed by atoms with Crippen LogP contribution in [-0.2, 0) is 9.16 Å². The molecule has 28 heavy (non-hydrogen) atoms. The van der Waals surface area contributed by atoms with E-state index in [4.69, 9.17) is 9.16 Å². The van der Waals surface area contributed by atoms with Crippen LogP contribution in [-0.4, -0.2) is 52.1 Å². The van der Waals surface area contributed by atoms with Crippen molar-refractivity contribution in [2.45, 2.75) is 57.5 Å². The molecular weight excluding hydrogens is 370 g/mol. The van der Waals surface area contributed by atoms with Crippen LogP contribution in [0.1, 0.15) is 44.4 Å². The van der Waals surface area contributed by atoms with Gasteiger partial charge in [0.1, 0.15) is 6.10 Å². The number of amides is 1. The van der Waals surface area contributed by atoms with Gasteiger partial charge in [-0.25, -0.2) is 4.79 Å². The maximum absolute atomic E-state index is 11.9. The van der Waals surface area contributed by atoms with Crippen LogP contribution in [0.25, 0.3) is 0 Å². The Morgan fingerprint density at radius 3 is 2.75 bits per heavy atom. The summed E-state index contributed by atoms with van der Waals surface area (Å²) in [5.74, 6) is 0. The van der Waals surface area contributed by atoms with Crippen LogP contribution >= 0.6 is 0 Å². The molecule has 0 aromatic heterocycles. The second kappa shape index (κ2) is 9.08. The highest BCUT2D eigenvalue weighted by molar-refractivity contribution is 6.74. The van der Waals surface area contributed by atoms with E-state index in [9.17, 15) is 10.1 Å². The van der Waals surface area contributed by atoms with Crippen LogP contribution < -0.4 is 5.32 Å². The summed E-state index contributed by atoms with van der Waals surface area (Å²) in [5.41, 5.74) is 1.39. The predicted octanol–water partition coefficient (Wildman–Crippen LogP) is 4.05. The first-order valence-electron chi connectivity index (χ1n) is 9.84. The maximum Gasteiger partial charge on any atom is 0.407 e. The van der Waals surface area contributed by atoms with Gasteiger partial charge >= 0.3 is 6.09 Å². The molecule has 1 heterocycles. The lowest BCUT2D eigenvalue weighted by Gasteiger charge is -2.38. The average Bonchev–Trinajstić information content (AvgIpc) is 3.06. The van der Waals surface area contributed by atoms with E-state index in [0.717, 1.165) is 25.1 Å². The zero-order valence-electron chi connectivity index (χ0n) is 17.9. The summed E-state index contributed by atoms with van der Waals surface area (Å²) in [6.07, 6.45) is 0.296. The number of alkyl carbamates (subject to hydrolysis) is 1. The first-order chi connectivity index (χ1) is 13.1. The number of carbonyl (C=O) groups excluding carboxylic acids is 1. The predicted molar refractivity (Wildman–Crippen MR) is 113 cm³/mol. The molecular formula is C21H33N3O3Si. The number of likely N-dealkylation sites (tertiary alicyclic amines) is 1. The molecule has 0 radical (unpaired) electrons. The number of hydrogen-bond acceptors (Lipinski definition) is 5. The summed E-state index contributed by atoms with van der Waals surface area (Å²) in [6.45, 7) is 13.6. The Balaban J connectivity index is 2.06. The van der Waals surface area contributed by atoms with Gasteiger partial charge in [-0.05, 0) is 42.2 Å². The van der Waals surface area contributed by atoms with Gasteiger partial charge in [0.2, 0.25) is 0 Å². The smallest absolute Gasteiger partial charge is 0.407 e. The molecule has 1 amide bonds. The highest BCUT2D eigenvalue weighted by atomic mass is 28.4. The molecule has 1 fully saturated rings. The van der Waals surface area contributed by atoms with Gasteiger partial charge < -0.3 is 14.5 Å². The van der Waals surface area contributed by atoms with Gasteiger partial charge in [0, 0.05) is 26.7 Å². The Morgan fingerprint density at radius 1 is 1.43 bits per heavy atom. The lowest BCUT2D eigenvalue weighted by Crippen LogP contribution is -2.44. The first-order valence-corrected chi connectivity index (χ1v) is 12.7. The molecule has 0 saturated carbocycles. The molecule has 1 N–H and O–H groups in total. The molecule has 0 spiro atoms. The molecule has 1 saturated heterocycles. The van der Waals surface area contributed by atoms with Gasteiger partial charge in [-0.15, -0.1) is 0 Å². The van der Waals surface area contributed by atoms with E-state index in [0.29, 0.717) is 12.1 Å². The quantitative estimate of drug-likeness (QED) is 0.725. The minimum Gasteiger partial charge on any atom is -0.440 e. The van der Waals surface area contributed by atoms with Crippen molar-refractivity contribution in [3.8, 4) is 6.07 Å². The molecule has 2 atom stereocenters. The summed E-state index contributed by atoms with van der Waals surface area (Å²) in [5, 5.41) is 11.9. The van der Waals surface area contributed by atoms with Crippen molar-refractivity contribution >= 4 is 14.4 Å². The number of nitrogens with one attached hydrogen (secondary N) is 1. The third kappa shape index (κ3) is 5.81. The highest BCUT2D eigenvalue weighted by Gasteiger charge is 2.40. The summed E-state index contributed by atoms with van der Waals surface area (Å²) in [6, 6.07) is 9.40. The minimum absolute atomic E-state index is 0.184. The number of benzene rings is 1. The minimum atomic E-state index is -1.81. The molecule has 0 aliphatic carbocycles. The van der Waals surface area contributed by atoms with Crippen LogP contribution in [0.2, 0.25) is 18.1 Å². The highest BCUT2D eigenvalue weighted by Crippen LogP contribution is 2.38. The largest absolute Gasteiger partial charge is 0.440 e. The van der Waals surface area contributed by atoms with Gasteiger partial charge in [0.25, 0.3) is 0 Å². The number of rotatable bonds is 6. The Morgan fingerprint density at radius 2 is 2.14 bits per heavy atom. The molecule has 1 aliphatic rings. The third-order valence-electron chi connectivity index (χ3n) is 5.76. The second-order valence-corrected chi connectivity index (χ2v) is 13.7. The number of nitrogens with zero attached hydrogens (tertiary/aromatic N) is 2. The molecule has 0 bridgehead atoms. The Bertz CT molecular complexity index is 724. The normalized spacial score (nSPS) is 19.1. The monoisotopic (exact) mass is 403 g/mol. The molecule has 2 rings (SSSR count). The van der Waals surface area contributed by atoms with E-state index in [1.165, 1.54) is 0 Å². The van der Waals surface area contributed by atoms with E-state index in [2.05, 4.69) is 50.2 Å². The SMILES string of the molecule is CNC(=O)OC(CN1CC[C@H](O[Si](C)(C)C(C)(C)C)C1)c1cccc(C#N)c1. The topological polar surface area (TPSA) is 74.6 Å². The van der Waals surface area contributed by atoms with Crippen molar-refractivity contribution in [2.24, 2.45) is 0 Å². The maximum atomic E-state index is 11.9. The fourth-order valence-electron chi connectivity index (χ4n) is 3.09. The molecule has 1 aromatic carbocycles. The first kappa shape index (κ1) is 22.4. The van der Waals surface area contributed by atoms with Crippen molar-refractivity contribution in [1.29, 1.82) is 5.26 Å². The fourth-order valence-corrected chi connectivity index (χ4v) is 4.47. The van der Waals surface area contributed by atoms with Gasteiger partial charge in [-0.1, -0.05) is 32.9 Å². The van der Waals surface area contributed by atoms with Crippen LogP contribution in [0.5, 0.6) is 0 Å². The lowest BCUT2D eigenvalue weighted by atomic mass is 10.1. The van der Waals surface area contributed by atoms with Crippen molar-refractivity contribution < 1.29 is 14.0 Å². The van der Waals surface area contributed by atoms with Crippen molar-refractivity contribution in [3.63, 3.8) is 0 Å².